The Morgan fingerprint density at radius 2 is 2.16 bits per heavy atom. The molecule has 0 bridgehead atoms. The average Bonchev–Trinajstić information content (AvgIpc) is 2.39. The number of benzene rings is 1. The average molecular weight is 257 g/mol. The Morgan fingerprint density at radius 3 is 2.79 bits per heavy atom. The van der Waals surface area contributed by atoms with Crippen LogP contribution in [0, 0.1) is 17.0 Å². The summed E-state index contributed by atoms with van der Waals surface area (Å²) in [4.78, 5) is 14.6. The van der Waals surface area contributed by atoms with Crippen LogP contribution in [0.4, 0.5) is 11.4 Å². The molecular formula is C14H15N3O2. The monoisotopic (exact) mass is 257 g/mol. The van der Waals surface area contributed by atoms with Gasteiger partial charge in [0.05, 0.1) is 4.92 Å². The van der Waals surface area contributed by atoms with Gasteiger partial charge in [-0.1, -0.05) is 6.07 Å². The molecule has 19 heavy (non-hydrogen) atoms. The summed E-state index contributed by atoms with van der Waals surface area (Å²) in [6, 6.07) is 10.9. The van der Waals surface area contributed by atoms with Gasteiger partial charge in [0, 0.05) is 42.2 Å². The van der Waals surface area contributed by atoms with Crippen LogP contribution in [0.3, 0.4) is 0 Å². The first-order valence-corrected chi connectivity index (χ1v) is 6.05. The molecule has 0 amide bonds. The van der Waals surface area contributed by atoms with Gasteiger partial charge in [-0.15, -0.1) is 0 Å². The van der Waals surface area contributed by atoms with E-state index in [1.165, 1.54) is 6.07 Å². The lowest BCUT2D eigenvalue weighted by molar-refractivity contribution is -0.385. The van der Waals surface area contributed by atoms with Crippen molar-refractivity contribution in [2.75, 3.05) is 11.9 Å². The molecule has 0 fully saturated rings. The Kier molecular flexibility index (Phi) is 4.07. The molecule has 1 aromatic heterocycles. The second-order valence-electron chi connectivity index (χ2n) is 4.26. The Labute approximate surface area is 111 Å². The van der Waals surface area contributed by atoms with Crippen LogP contribution in [0.2, 0.25) is 0 Å². The predicted molar refractivity (Wildman–Crippen MR) is 74.3 cm³/mol. The van der Waals surface area contributed by atoms with Crippen molar-refractivity contribution in [3.63, 3.8) is 0 Å². The molecule has 1 N–H and O–H groups in total. The summed E-state index contributed by atoms with van der Waals surface area (Å²) in [6.45, 7) is 2.48. The van der Waals surface area contributed by atoms with Crippen molar-refractivity contribution in [2.45, 2.75) is 13.3 Å². The highest BCUT2D eigenvalue weighted by atomic mass is 16.6. The maximum absolute atomic E-state index is 10.7. The lowest BCUT2D eigenvalue weighted by atomic mass is 10.2. The van der Waals surface area contributed by atoms with E-state index in [1.807, 2.05) is 18.2 Å². The third-order valence-electron chi connectivity index (χ3n) is 2.83. The van der Waals surface area contributed by atoms with E-state index >= 15 is 0 Å². The van der Waals surface area contributed by atoms with Crippen molar-refractivity contribution in [2.24, 2.45) is 0 Å². The number of nitrogens with zero attached hydrogens (tertiary/aromatic N) is 2. The van der Waals surface area contributed by atoms with Crippen molar-refractivity contribution in [3.05, 3.63) is 64.0 Å². The minimum absolute atomic E-state index is 0.148. The molecule has 0 spiro atoms. The molecule has 0 saturated carbocycles. The van der Waals surface area contributed by atoms with Crippen molar-refractivity contribution in [3.8, 4) is 0 Å². The third-order valence-corrected chi connectivity index (χ3v) is 2.83. The first-order chi connectivity index (χ1) is 9.16. The number of anilines is 1. The summed E-state index contributed by atoms with van der Waals surface area (Å²) in [5, 5.41) is 13.9. The first kappa shape index (κ1) is 13.0. The van der Waals surface area contributed by atoms with Gasteiger partial charge in [0.15, 0.2) is 0 Å². The van der Waals surface area contributed by atoms with E-state index in [4.69, 9.17) is 0 Å². The summed E-state index contributed by atoms with van der Waals surface area (Å²) in [5.74, 6) is 0. The van der Waals surface area contributed by atoms with E-state index in [2.05, 4.69) is 10.3 Å². The molecule has 0 radical (unpaired) electrons. The van der Waals surface area contributed by atoms with E-state index in [9.17, 15) is 10.1 Å². The molecule has 0 unspecified atom stereocenters. The highest BCUT2D eigenvalue weighted by Gasteiger charge is 2.09. The fourth-order valence-electron chi connectivity index (χ4n) is 1.85. The summed E-state index contributed by atoms with van der Waals surface area (Å²) in [6.07, 6.45) is 2.59. The normalized spacial score (nSPS) is 10.2. The van der Waals surface area contributed by atoms with Gasteiger partial charge < -0.3 is 5.32 Å². The van der Waals surface area contributed by atoms with Crippen LogP contribution in [-0.4, -0.2) is 16.5 Å². The second-order valence-corrected chi connectivity index (χ2v) is 4.26. The maximum atomic E-state index is 10.7. The SMILES string of the molecule is Cc1cc(NCCc2ccccn2)ccc1[N+](=O)[O-]. The summed E-state index contributed by atoms with van der Waals surface area (Å²) >= 11 is 0. The smallest absolute Gasteiger partial charge is 0.272 e. The Morgan fingerprint density at radius 1 is 1.32 bits per heavy atom. The number of rotatable bonds is 5. The van der Waals surface area contributed by atoms with Crippen molar-refractivity contribution in [1.82, 2.24) is 4.98 Å². The highest BCUT2D eigenvalue weighted by Crippen LogP contribution is 2.21. The number of aromatic nitrogens is 1. The van der Waals surface area contributed by atoms with Crippen molar-refractivity contribution in [1.29, 1.82) is 0 Å². The van der Waals surface area contributed by atoms with Gasteiger partial charge in [0.1, 0.15) is 0 Å². The van der Waals surface area contributed by atoms with Crippen LogP contribution in [0.1, 0.15) is 11.3 Å². The zero-order valence-corrected chi connectivity index (χ0v) is 10.7. The van der Waals surface area contributed by atoms with Gasteiger partial charge in [-0.2, -0.15) is 0 Å². The maximum Gasteiger partial charge on any atom is 0.272 e. The minimum Gasteiger partial charge on any atom is -0.385 e. The lowest BCUT2D eigenvalue weighted by Crippen LogP contribution is -2.06. The number of pyridine rings is 1. The standard InChI is InChI=1S/C14H15N3O2/c1-11-10-13(5-6-14(11)17(18)19)16-9-7-12-4-2-3-8-15-12/h2-6,8,10,16H,7,9H2,1H3. The summed E-state index contributed by atoms with van der Waals surface area (Å²) < 4.78 is 0. The third kappa shape index (κ3) is 3.51. The molecule has 5 heteroatoms. The van der Waals surface area contributed by atoms with Crippen LogP contribution in [-0.2, 0) is 6.42 Å². The number of nitro groups is 1. The van der Waals surface area contributed by atoms with Gasteiger partial charge in [0.25, 0.3) is 5.69 Å². The van der Waals surface area contributed by atoms with Gasteiger partial charge >= 0.3 is 0 Å². The highest BCUT2D eigenvalue weighted by molar-refractivity contribution is 5.53. The molecule has 0 atom stereocenters. The molecular weight excluding hydrogens is 242 g/mol. The summed E-state index contributed by atoms with van der Waals surface area (Å²) in [5.41, 5.74) is 2.72. The van der Waals surface area contributed by atoms with Gasteiger partial charge in [-0.25, -0.2) is 0 Å². The van der Waals surface area contributed by atoms with Gasteiger partial charge in [0.2, 0.25) is 0 Å². The molecule has 0 aliphatic carbocycles. The van der Waals surface area contributed by atoms with Crippen LogP contribution < -0.4 is 5.32 Å². The zero-order chi connectivity index (χ0) is 13.7. The molecule has 2 aromatic rings. The van der Waals surface area contributed by atoms with E-state index in [0.717, 1.165) is 24.3 Å². The van der Waals surface area contributed by atoms with Crippen LogP contribution in [0.25, 0.3) is 0 Å². The van der Waals surface area contributed by atoms with Crippen LogP contribution in [0.5, 0.6) is 0 Å². The van der Waals surface area contributed by atoms with E-state index < -0.39 is 0 Å². The lowest BCUT2D eigenvalue weighted by Gasteiger charge is -2.07. The predicted octanol–water partition coefficient (Wildman–Crippen LogP) is 2.95. The van der Waals surface area contributed by atoms with Crippen molar-refractivity contribution < 1.29 is 4.92 Å². The quantitative estimate of drug-likeness (QED) is 0.660. The molecule has 98 valence electrons. The molecule has 1 aromatic carbocycles. The number of aryl methyl sites for hydroxylation is 1. The number of nitro benzene ring substituents is 1. The summed E-state index contributed by atoms with van der Waals surface area (Å²) in [7, 11) is 0. The van der Waals surface area contributed by atoms with Crippen molar-refractivity contribution >= 4 is 11.4 Å². The molecule has 1 heterocycles. The Balaban J connectivity index is 1.93. The van der Waals surface area contributed by atoms with Gasteiger partial charge in [-0.05, 0) is 31.2 Å². The number of hydrogen-bond acceptors (Lipinski definition) is 4. The van der Waals surface area contributed by atoms with Gasteiger partial charge in [-0.3, -0.25) is 15.1 Å². The molecule has 0 saturated heterocycles. The molecule has 0 aliphatic heterocycles. The number of hydrogen-bond donors (Lipinski definition) is 1. The molecule has 2 rings (SSSR count). The fraction of sp³-hybridized carbons (Fsp3) is 0.214. The Bertz CT molecular complexity index is 570. The zero-order valence-electron chi connectivity index (χ0n) is 10.7. The van der Waals surface area contributed by atoms with E-state index in [0.29, 0.717) is 5.56 Å². The minimum atomic E-state index is -0.368. The largest absolute Gasteiger partial charge is 0.385 e. The van der Waals surface area contributed by atoms with Crippen LogP contribution in [0.15, 0.2) is 42.6 Å². The fourth-order valence-corrected chi connectivity index (χ4v) is 1.85. The number of nitrogens with one attached hydrogen (secondary N) is 1. The topological polar surface area (TPSA) is 68.1 Å². The van der Waals surface area contributed by atoms with E-state index in [1.54, 1.807) is 25.3 Å². The van der Waals surface area contributed by atoms with E-state index in [-0.39, 0.29) is 10.6 Å². The van der Waals surface area contributed by atoms with Crippen LogP contribution >= 0.6 is 0 Å². The second kappa shape index (κ2) is 5.95. The first-order valence-electron chi connectivity index (χ1n) is 6.05. The Hall–Kier alpha value is -2.43. The molecule has 0 aliphatic rings. The molecule has 5 nitrogen and oxygen atoms in total.